The van der Waals surface area contributed by atoms with Crippen LogP contribution in [0.5, 0.6) is 0 Å². The van der Waals surface area contributed by atoms with E-state index in [0.29, 0.717) is 42.4 Å². The third-order valence-electron chi connectivity index (χ3n) is 5.87. The van der Waals surface area contributed by atoms with Gasteiger partial charge >= 0.3 is 0 Å². The lowest BCUT2D eigenvalue weighted by atomic mass is 10.2. The van der Waals surface area contributed by atoms with E-state index in [9.17, 15) is 13.2 Å². The van der Waals surface area contributed by atoms with Gasteiger partial charge in [0.15, 0.2) is 5.82 Å². The number of aromatic amines is 1. The summed E-state index contributed by atoms with van der Waals surface area (Å²) in [4.78, 5) is 21.8. The van der Waals surface area contributed by atoms with Crippen LogP contribution in [-0.4, -0.2) is 56.5 Å². The average molecular weight is 496 g/mol. The summed E-state index contributed by atoms with van der Waals surface area (Å²) in [6, 6.07) is 12.3. The van der Waals surface area contributed by atoms with Gasteiger partial charge in [-0.15, -0.1) is 0 Å². The summed E-state index contributed by atoms with van der Waals surface area (Å²) >= 11 is 0. The van der Waals surface area contributed by atoms with Crippen molar-refractivity contribution in [2.24, 2.45) is 7.05 Å². The molecule has 0 radical (unpaired) electrons. The van der Waals surface area contributed by atoms with Crippen molar-refractivity contribution in [2.75, 3.05) is 18.4 Å². The molecule has 0 aliphatic rings. The Kier molecular flexibility index (Phi) is 6.99. The molecule has 0 unspecified atom stereocenters. The molecule has 0 spiro atoms. The van der Waals surface area contributed by atoms with Crippen molar-refractivity contribution in [3.05, 3.63) is 54.1 Å². The lowest BCUT2D eigenvalue weighted by Crippen LogP contribution is -2.30. The van der Waals surface area contributed by atoms with Gasteiger partial charge in [-0.05, 0) is 37.3 Å². The molecule has 0 bridgehead atoms. The van der Waals surface area contributed by atoms with Crippen molar-refractivity contribution in [3.63, 3.8) is 0 Å². The van der Waals surface area contributed by atoms with E-state index in [1.807, 2.05) is 56.7 Å². The third kappa shape index (κ3) is 5.10. The number of H-pyrrole nitrogens is 1. The Morgan fingerprint density at radius 1 is 1.11 bits per heavy atom. The molecule has 2 N–H and O–H groups in total. The van der Waals surface area contributed by atoms with E-state index in [-0.39, 0.29) is 17.2 Å². The first-order valence-corrected chi connectivity index (χ1v) is 12.9. The van der Waals surface area contributed by atoms with E-state index in [2.05, 4.69) is 25.5 Å². The lowest BCUT2D eigenvalue weighted by Gasteiger charge is -2.18. The first-order chi connectivity index (χ1) is 16.7. The monoisotopic (exact) mass is 495 g/mol. The molecule has 184 valence electrons. The molecule has 0 aliphatic heterocycles. The van der Waals surface area contributed by atoms with Gasteiger partial charge in [-0.1, -0.05) is 26.0 Å². The second kappa shape index (κ2) is 9.96. The molecule has 35 heavy (non-hydrogen) atoms. The molecule has 4 rings (SSSR count). The van der Waals surface area contributed by atoms with Gasteiger partial charge in [0.25, 0.3) is 0 Å². The van der Waals surface area contributed by atoms with Crippen LogP contribution in [0.4, 0.5) is 5.69 Å². The number of imidazole rings is 1. The highest BCUT2D eigenvalue weighted by molar-refractivity contribution is 7.89. The van der Waals surface area contributed by atoms with Gasteiger partial charge in [0.1, 0.15) is 11.6 Å². The first kappa shape index (κ1) is 24.6. The number of carbonyl (C=O) groups excluding carboxylic acids is 1. The number of rotatable bonds is 9. The van der Waals surface area contributed by atoms with Crippen LogP contribution in [-0.2, 0) is 28.3 Å². The van der Waals surface area contributed by atoms with E-state index in [4.69, 9.17) is 0 Å². The highest BCUT2D eigenvalue weighted by Crippen LogP contribution is 2.23. The normalized spacial score (nSPS) is 11.9. The van der Waals surface area contributed by atoms with Gasteiger partial charge in [0.2, 0.25) is 15.9 Å². The maximum Gasteiger partial charge on any atom is 0.243 e. The van der Waals surface area contributed by atoms with Crippen LogP contribution in [0.3, 0.4) is 0 Å². The molecule has 2 heterocycles. The number of aromatic nitrogens is 5. The smallest absolute Gasteiger partial charge is 0.243 e. The number of amides is 1. The molecule has 0 aliphatic carbocycles. The molecule has 2 aromatic heterocycles. The third-order valence-corrected chi connectivity index (χ3v) is 7.91. The number of fused-ring (bicyclic) bond motifs is 1. The fourth-order valence-corrected chi connectivity index (χ4v) is 5.46. The Labute approximate surface area is 204 Å². The maximum atomic E-state index is 12.9. The minimum Gasteiger partial charge on any atom is -0.331 e. The van der Waals surface area contributed by atoms with Crippen LogP contribution < -0.4 is 5.32 Å². The second-order valence-electron chi connectivity index (χ2n) is 8.20. The van der Waals surface area contributed by atoms with E-state index < -0.39 is 10.0 Å². The van der Waals surface area contributed by atoms with Crippen molar-refractivity contribution >= 4 is 32.7 Å². The quantitative estimate of drug-likeness (QED) is 0.367. The van der Waals surface area contributed by atoms with Gasteiger partial charge in [-0.25, -0.2) is 18.4 Å². The Morgan fingerprint density at radius 3 is 2.57 bits per heavy atom. The van der Waals surface area contributed by atoms with Crippen LogP contribution in [0.1, 0.15) is 31.9 Å². The number of anilines is 1. The van der Waals surface area contributed by atoms with E-state index in [1.165, 1.54) is 4.31 Å². The number of hydrogen-bond acceptors (Lipinski definition) is 6. The standard InChI is InChI=1S/C24H29N7O3S/c1-5-31(6-2)35(33,34)19-10-11-21-20(15-19)27-22(30(21)4)12-13-23(32)26-18-9-7-8-17(14-18)24-25-16(3)28-29-24/h7-11,14-15H,5-6,12-13H2,1-4H3,(H,26,32)(H,25,28,29). The zero-order chi connectivity index (χ0) is 25.2. The van der Waals surface area contributed by atoms with Gasteiger partial charge in [-0.2, -0.15) is 9.40 Å². The van der Waals surface area contributed by atoms with Crippen LogP contribution in [0.2, 0.25) is 0 Å². The maximum absolute atomic E-state index is 12.9. The van der Waals surface area contributed by atoms with Crippen molar-refractivity contribution in [2.45, 2.75) is 38.5 Å². The summed E-state index contributed by atoms with van der Waals surface area (Å²) < 4.78 is 29.0. The fraction of sp³-hybridized carbons (Fsp3) is 0.333. The van der Waals surface area contributed by atoms with Gasteiger partial charge in [-0.3, -0.25) is 9.89 Å². The van der Waals surface area contributed by atoms with E-state index in [1.54, 1.807) is 18.2 Å². The number of nitrogens with zero attached hydrogens (tertiary/aromatic N) is 5. The largest absolute Gasteiger partial charge is 0.331 e. The molecule has 10 nitrogen and oxygen atoms in total. The fourth-order valence-electron chi connectivity index (χ4n) is 3.98. The van der Waals surface area contributed by atoms with Crippen LogP contribution in [0, 0.1) is 6.92 Å². The molecular weight excluding hydrogens is 466 g/mol. The predicted octanol–water partition coefficient (Wildman–Crippen LogP) is 3.27. The zero-order valence-electron chi connectivity index (χ0n) is 20.2. The molecule has 4 aromatic rings. The number of hydrogen-bond donors (Lipinski definition) is 2. The van der Waals surface area contributed by atoms with Crippen molar-refractivity contribution in [1.82, 2.24) is 29.0 Å². The lowest BCUT2D eigenvalue weighted by molar-refractivity contribution is -0.116. The topological polar surface area (TPSA) is 126 Å². The van der Waals surface area contributed by atoms with Crippen molar-refractivity contribution in [1.29, 1.82) is 0 Å². The minimum absolute atomic E-state index is 0.148. The van der Waals surface area contributed by atoms with Gasteiger partial charge < -0.3 is 9.88 Å². The summed E-state index contributed by atoms with van der Waals surface area (Å²) in [5.74, 6) is 1.85. The number of carbonyl (C=O) groups is 1. The highest BCUT2D eigenvalue weighted by atomic mass is 32.2. The number of sulfonamides is 1. The molecular formula is C24H29N7O3S. The second-order valence-corrected chi connectivity index (χ2v) is 10.1. The summed E-state index contributed by atoms with van der Waals surface area (Å²) in [5, 5.41) is 9.87. The average Bonchev–Trinajstić information content (AvgIpc) is 3.41. The SMILES string of the molecule is CCN(CC)S(=O)(=O)c1ccc2c(c1)nc(CCC(=O)Nc1cccc(-c3n[nH]c(C)n3)c1)n2C. The summed E-state index contributed by atoms with van der Waals surface area (Å²) in [7, 11) is -1.71. The zero-order valence-corrected chi connectivity index (χ0v) is 21.1. The predicted molar refractivity (Wildman–Crippen MR) is 134 cm³/mol. The van der Waals surface area contributed by atoms with Crippen LogP contribution in [0.25, 0.3) is 22.4 Å². The molecule has 11 heteroatoms. The molecule has 0 atom stereocenters. The molecule has 0 saturated carbocycles. The number of aryl methyl sites for hydroxylation is 3. The number of benzene rings is 2. The van der Waals surface area contributed by atoms with Gasteiger partial charge in [0.05, 0.1) is 15.9 Å². The summed E-state index contributed by atoms with van der Waals surface area (Å²) in [5.41, 5.74) is 2.86. The first-order valence-electron chi connectivity index (χ1n) is 11.5. The van der Waals surface area contributed by atoms with Crippen LogP contribution >= 0.6 is 0 Å². The highest BCUT2D eigenvalue weighted by Gasteiger charge is 2.23. The molecule has 2 aromatic carbocycles. The summed E-state index contributed by atoms with van der Waals surface area (Å²) in [6.45, 7) is 6.26. The van der Waals surface area contributed by atoms with Crippen LogP contribution in [0.15, 0.2) is 47.4 Å². The Bertz CT molecular complexity index is 1470. The van der Waals surface area contributed by atoms with Gasteiger partial charge in [0, 0.05) is 44.2 Å². The Hall–Kier alpha value is -3.57. The van der Waals surface area contributed by atoms with E-state index >= 15 is 0 Å². The van der Waals surface area contributed by atoms with Crippen molar-refractivity contribution < 1.29 is 13.2 Å². The number of nitrogens with one attached hydrogen (secondary N) is 2. The summed E-state index contributed by atoms with van der Waals surface area (Å²) in [6.07, 6.45) is 0.640. The molecule has 0 saturated heterocycles. The van der Waals surface area contributed by atoms with Crippen molar-refractivity contribution in [3.8, 4) is 11.4 Å². The molecule has 1 amide bonds. The Morgan fingerprint density at radius 2 is 1.89 bits per heavy atom. The minimum atomic E-state index is -3.57. The molecule has 0 fully saturated rings. The van der Waals surface area contributed by atoms with E-state index in [0.717, 1.165) is 16.9 Å². The Balaban J connectivity index is 1.46.